The van der Waals surface area contributed by atoms with E-state index in [-0.39, 0.29) is 22.3 Å². The van der Waals surface area contributed by atoms with Crippen molar-refractivity contribution in [1.29, 1.82) is 0 Å². The van der Waals surface area contributed by atoms with Gasteiger partial charge < -0.3 is 10.1 Å². The highest BCUT2D eigenvalue weighted by Gasteiger charge is 2.23. The fourth-order valence-corrected chi connectivity index (χ4v) is 3.92. The maximum atomic E-state index is 12.6. The van der Waals surface area contributed by atoms with Crippen molar-refractivity contribution in [1.82, 2.24) is 9.62 Å². The van der Waals surface area contributed by atoms with Crippen LogP contribution in [0.3, 0.4) is 0 Å². The minimum absolute atomic E-state index is 0.0518. The van der Waals surface area contributed by atoms with Crippen molar-refractivity contribution in [2.24, 2.45) is 0 Å². The first-order valence-electron chi connectivity index (χ1n) is 9.01. The summed E-state index contributed by atoms with van der Waals surface area (Å²) in [5, 5.41) is 2.73. The Hall–Kier alpha value is -2.52. The van der Waals surface area contributed by atoms with Crippen molar-refractivity contribution < 1.29 is 26.7 Å². The fourth-order valence-electron chi connectivity index (χ4n) is 2.50. The van der Waals surface area contributed by atoms with E-state index in [0.29, 0.717) is 13.0 Å². The topological polar surface area (TPSA) is 75.7 Å². The number of hydrogen-bond acceptors (Lipinski definition) is 4. The van der Waals surface area contributed by atoms with Crippen LogP contribution in [-0.2, 0) is 16.4 Å². The molecule has 0 bridgehead atoms. The zero-order valence-electron chi connectivity index (χ0n) is 16.4. The first-order chi connectivity index (χ1) is 13.6. The van der Waals surface area contributed by atoms with E-state index in [1.54, 1.807) is 32.0 Å². The first kappa shape index (κ1) is 22.8. The third kappa shape index (κ3) is 6.23. The van der Waals surface area contributed by atoms with Gasteiger partial charge in [-0.25, -0.2) is 8.42 Å². The number of alkyl halides is 2. The van der Waals surface area contributed by atoms with Gasteiger partial charge in [0.25, 0.3) is 5.91 Å². The first-order valence-corrected chi connectivity index (χ1v) is 10.5. The average molecular weight is 426 g/mol. The van der Waals surface area contributed by atoms with Gasteiger partial charge in [-0.3, -0.25) is 4.79 Å². The van der Waals surface area contributed by atoms with Crippen LogP contribution in [0.4, 0.5) is 8.78 Å². The predicted octanol–water partition coefficient (Wildman–Crippen LogP) is 3.29. The SMILES string of the molecule is CC(C)N(C)S(=O)(=O)c1cccc(C(=O)NCCc2ccc(OC(F)F)cc2)c1. The zero-order chi connectivity index (χ0) is 21.6. The maximum absolute atomic E-state index is 12.6. The summed E-state index contributed by atoms with van der Waals surface area (Å²) in [7, 11) is -2.19. The molecule has 0 saturated carbocycles. The molecule has 0 atom stereocenters. The molecule has 9 heteroatoms. The number of halogens is 2. The molecule has 2 aromatic carbocycles. The highest BCUT2D eigenvalue weighted by atomic mass is 32.2. The van der Waals surface area contributed by atoms with Crippen molar-refractivity contribution in [2.45, 2.75) is 37.8 Å². The maximum Gasteiger partial charge on any atom is 0.387 e. The molecule has 0 heterocycles. The summed E-state index contributed by atoms with van der Waals surface area (Å²) in [6.07, 6.45) is 0.481. The molecule has 2 rings (SSSR count). The van der Waals surface area contributed by atoms with Crippen LogP contribution in [0.5, 0.6) is 5.75 Å². The Balaban J connectivity index is 1.98. The lowest BCUT2D eigenvalue weighted by Gasteiger charge is -2.21. The predicted molar refractivity (Wildman–Crippen MR) is 106 cm³/mol. The van der Waals surface area contributed by atoms with Crippen LogP contribution in [0, 0.1) is 0 Å². The van der Waals surface area contributed by atoms with Gasteiger partial charge in [-0.1, -0.05) is 18.2 Å². The van der Waals surface area contributed by atoms with Crippen molar-refractivity contribution in [3.05, 3.63) is 59.7 Å². The van der Waals surface area contributed by atoms with Gasteiger partial charge in [-0.05, 0) is 56.2 Å². The molecule has 0 fully saturated rings. The van der Waals surface area contributed by atoms with E-state index in [1.165, 1.54) is 41.7 Å². The van der Waals surface area contributed by atoms with Crippen LogP contribution in [0.25, 0.3) is 0 Å². The molecule has 6 nitrogen and oxygen atoms in total. The Morgan fingerprint density at radius 1 is 1.14 bits per heavy atom. The lowest BCUT2D eigenvalue weighted by molar-refractivity contribution is -0.0498. The Labute approximate surface area is 169 Å². The number of amides is 1. The average Bonchev–Trinajstić information content (AvgIpc) is 2.68. The van der Waals surface area contributed by atoms with Gasteiger partial charge in [-0.2, -0.15) is 13.1 Å². The number of ether oxygens (including phenoxy) is 1. The van der Waals surface area contributed by atoms with Gasteiger partial charge in [0.2, 0.25) is 10.0 Å². The van der Waals surface area contributed by atoms with Gasteiger partial charge in [-0.15, -0.1) is 0 Å². The number of sulfonamides is 1. The number of hydrogen-bond donors (Lipinski definition) is 1. The van der Waals surface area contributed by atoms with E-state index >= 15 is 0 Å². The van der Waals surface area contributed by atoms with E-state index < -0.39 is 22.5 Å². The Morgan fingerprint density at radius 2 is 1.79 bits per heavy atom. The number of carbonyl (C=O) groups is 1. The van der Waals surface area contributed by atoms with Gasteiger partial charge in [0.1, 0.15) is 5.75 Å². The Morgan fingerprint density at radius 3 is 2.38 bits per heavy atom. The highest BCUT2D eigenvalue weighted by Crippen LogP contribution is 2.18. The smallest absolute Gasteiger partial charge is 0.387 e. The second kappa shape index (κ2) is 9.80. The number of nitrogens with one attached hydrogen (secondary N) is 1. The van der Waals surface area contributed by atoms with Crippen LogP contribution < -0.4 is 10.1 Å². The largest absolute Gasteiger partial charge is 0.435 e. The molecular weight excluding hydrogens is 402 g/mol. The monoisotopic (exact) mass is 426 g/mol. The molecule has 158 valence electrons. The van der Waals surface area contributed by atoms with Gasteiger partial charge in [0.05, 0.1) is 4.90 Å². The summed E-state index contributed by atoms with van der Waals surface area (Å²) >= 11 is 0. The summed E-state index contributed by atoms with van der Waals surface area (Å²) in [5.41, 5.74) is 1.07. The molecule has 0 radical (unpaired) electrons. The van der Waals surface area contributed by atoms with Crippen LogP contribution in [0.2, 0.25) is 0 Å². The van der Waals surface area contributed by atoms with E-state index in [4.69, 9.17) is 0 Å². The summed E-state index contributed by atoms with van der Waals surface area (Å²) in [4.78, 5) is 12.4. The van der Waals surface area contributed by atoms with Crippen molar-refractivity contribution in [2.75, 3.05) is 13.6 Å². The summed E-state index contributed by atoms with van der Waals surface area (Å²) < 4.78 is 55.0. The van der Waals surface area contributed by atoms with Crippen molar-refractivity contribution in [3.63, 3.8) is 0 Å². The zero-order valence-corrected chi connectivity index (χ0v) is 17.2. The molecule has 0 unspecified atom stereocenters. The molecule has 0 saturated heterocycles. The molecule has 0 aromatic heterocycles. The molecule has 0 aliphatic carbocycles. The lowest BCUT2D eigenvalue weighted by atomic mass is 10.1. The molecule has 0 spiro atoms. The highest BCUT2D eigenvalue weighted by molar-refractivity contribution is 7.89. The van der Waals surface area contributed by atoms with E-state index in [9.17, 15) is 22.0 Å². The summed E-state index contributed by atoms with van der Waals surface area (Å²) in [5.74, 6) is -0.330. The number of rotatable bonds is 9. The minimum atomic E-state index is -3.68. The number of carbonyl (C=O) groups excluding carboxylic acids is 1. The third-order valence-corrected chi connectivity index (χ3v) is 6.38. The molecule has 2 aromatic rings. The Kier molecular flexibility index (Phi) is 7.69. The second-order valence-corrected chi connectivity index (χ2v) is 8.67. The number of benzene rings is 2. The van der Waals surface area contributed by atoms with Crippen LogP contribution in [0.1, 0.15) is 29.8 Å². The van der Waals surface area contributed by atoms with Gasteiger partial charge in [0.15, 0.2) is 0 Å². The molecule has 29 heavy (non-hydrogen) atoms. The second-order valence-electron chi connectivity index (χ2n) is 6.67. The van der Waals surface area contributed by atoms with E-state index in [1.807, 2.05) is 0 Å². The Bertz CT molecular complexity index is 932. The van der Waals surface area contributed by atoms with Crippen molar-refractivity contribution in [3.8, 4) is 5.75 Å². The summed E-state index contributed by atoms with van der Waals surface area (Å²) in [6.45, 7) is 0.956. The fraction of sp³-hybridized carbons (Fsp3) is 0.350. The van der Waals surface area contributed by atoms with E-state index in [0.717, 1.165) is 5.56 Å². The summed E-state index contributed by atoms with van der Waals surface area (Å²) in [6, 6.07) is 11.8. The molecule has 1 amide bonds. The normalized spacial score (nSPS) is 11.9. The van der Waals surface area contributed by atoms with E-state index in [2.05, 4.69) is 10.1 Å². The molecule has 0 aliphatic rings. The number of nitrogens with zero attached hydrogens (tertiary/aromatic N) is 1. The molecule has 0 aliphatic heterocycles. The van der Waals surface area contributed by atoms with Crippen LogP contribution in [0.15, 0.2) is 53.4 Å². The van der Waals surface area contributed by atoms with Gasteiger partial charge in [0, 0.05) is 25.2 Å². The quantitative estimate of drug-likeness (QED) is 0.668. The molecular formula is C20H24F2N2O4S. The van der Waals surface area contributed by atoms with Crippen molar-refractivity contribution >= 4 is 15.9 Å². The van der Waals surface area contributed by atoms with Crippen LogP contribution >= 0.6 is 0 Å². The minimum Gasteiger partial charge on any atom is -0.435 e. The third-order valence-electron chi connectivity index (χ3n) is 4.35. The standard InChI is InChI=1S/C20H24F2N2O4S/c1-14(2)24(3)29(26,27)18-6-4-5-16(13-18)19(25)23-12-11-15-7-9-17(10-8-15)28-20(21)22/h4-10,13-14,20H,11-12H2,1-3H3,(H,23,25). The van der Waals surface area contributed by atoms with Gasteiger partial charge >= 0.3 is 6.61 Å². The lowest BCUT2D eigenvalue weighted by Crippen LogP contribution is -2.33. The molecule has 1 N–H and O–H groups in total. The van der Waals surface area contributed by atoms with Crippen LogP contribution in [-0.4, -0.2) is 44.9 Å².